The maximum absolute atomic E-state index is 11.7. The van der Waals surface area contributed by atoms with Gasteiger partial charge in [0.1, 0.15) is 5.75 Å². The van der Waals surface area contributed by atoms with Crippen molar-refractivity contribution in [3.05, 3.63) is 29.8 Å². The number of ether oxygens (including phenoxy) is 1. The highest BCUT2D eigenvalue weighted by Gasteiger charge is 2.24. The van der Waals surface area contributed by atoms with Gasteiger partial charge in [-0.25, -0.2) is 0 Å². The minimum absolute atomic E-state index is 0.0370. The summed E-state index contributed by atoms with van der Waals surface area (Å²) in [5.41, 5.74) is 0.549. The van der Waals surface area contributed by atoms with Gasteiger partial charge in [0.2, 0.25) is 0 Å². The summed E-state index contributed by atoms with van der Waals surface area (Å²) in [5, 5.41) is 15.4. The molecule has 21 heavy (non-hydrogen) atoms. The number of Topliss-reactive ketones (excluding diaryl/α,β-unsaturated/α-hetero) is 1. The van der Waals surface area contributed by atoms with Crippen LogP contribution in [0.4, 0.5) is 0 Å². The number of hydrogen-bond donors (Lipinski definition) is 3. The predicted molar refractivity (Wildman–Crippen MR) is 77.3 cm³/mol. The Morgan fingerprint density at radius 3 is 2.90 bits per heavy atom. The molecule has 2 atom stereocenters. The smallest absolute Gasteiger partial charge is 0.257 e. The summed E-state index contributed by atoms with van der Waals surface area (Å²) in [4.78, 5) is 22.9. The second-order valence-corrected chi connectivity index (χ2v) is 5.16. The number of ketones is 1. The fraction of sp³-hybridized carbons (Fsp3) is 0.467. The highest BCUT2D eigenvalue weighted by molar-refractivity contribution is 5.94. The lowest BCUT2D eigenvalue weighted by Gasteiger charge is -2.14. The van der Waals surface area contributed by atoms with Crippen molar-refractivity contribution in [2.45, 2.75) is 13.0 Å². The molecule has 6 heteroatoms. The topological polar surface area (TPSA) is 87.7 Å². The van der Waals surface area contributed by atoms with E-state index in [0.717, 1.165) is 0 Å². The van der Waals surface area contributed by atoms with Crippen molar-refractivity contribution in [3.63, 3.8) is 0 Å². The Kier molecular flexibility index (Phi) is 5.30. The second kappa shape index (κ2) is 7.19. The Balaban J connectivity index is 1.76. The molecule has 3 N–H and O–H groups in total. The number of benzene rings is 1. The lowest BCUT2D eigenvalue weighted by Crippen LogP contribution is -2.36. The molecule has 1 fully saturated rings. The number of nitrogens with one attached hydrogen (secondary N) is 2. The summed E-state index contributed by atoms with van der Waals surface area (Å²) in [5.74, 6) is 0.227. The third-order valence-electron chi connectivity index (χ3n) is 3.48. The molecule has 6 nitrogen and oxygen atoms in total. The lowest BCUT2D eigenvalue weighted by molar-refractivity contribution is -0.123. The van der Waals surface area contributed by atoms with Gasteiger partial charge in [0.15, 0.2) is 12.4 Å². The number of rotatable bonds is 6. The van der Waals surface area contributed by atoms with Gasteiger partial charge in [0.05, 0.1) is 6.10 Å². The van der Waals surface area contributed by atoms with Crippen molar-refractivity contribution in [1.82, 2.24) is 10.6 Å². The van der Waals surface area contributed by atoms with Crippen LogP contribution in [0.25, 0.3) is 0 Å². The van der Waals surface area contributed by atoms with E-state index < -0.39 is 6.10 Å². The molecule has 1 amide bonds. The Morgan fingerprint density at radius 2 is 2.24 bits per heavy atom. The van der Waals surface area contributed by atoms with Crippen LogP contribution in [0.15, 0.2) is 24.3 Å². The van der Waals surface area contributed by atoms with Gasteiger partial charge in [-0.1, -0.05) is 12.1 Å². The molecule has 0 bridgehead atoms. The molecule has 2 rings (SSSR count). The van der Waals surface area contributed by atoms with Gasteiger partial charge in [-0.2, -0.15) is 0 Å². The standard InChI is InChI=1S/C15H20N2O4/c1-10(18)11-3-2-4-13(5-11)21-9-15(20)17-7-12-6-16-8-14(12)19/h2-5,12,14,16,19H,6-9H2,1H3,(H,17,20). The number of carbonyl (C=O) groups excluding carboxylic acids is 2. The molecule has 0 spiro atoms. The molecule has 0 aliphatic carbocycles. The maximum Gasteiger partial charge on any atom is 0.257 e. The first-order valence-corrected chi connectivity index (χ1v) is 6.95. The van der Waals surface area contributed by atoms with Gasteiger partial charge in [-0.05, 0) is 19.1 Å². The minimum Gasteiger partial charge on any atom is -0.484 e. The highest BCUT2D eigenvalue weighted by atomic mass is 16.5. The summed E-state index contributed by atoms with van der Waals surface area (Å²) < 4.78 is 5.36. The average molecular weight is 292 g/mol. The van der Waals surface area contributed by atoms with Gasteiger partial charge in [-0.3, -0.25) is 9.59 Å². The van der Waals surface area contributed by atoms with Gasteiger partial charge < -0.3 is 20.5 Å². The van der Waals surface area contributed by atoms with Crippen LogP contribution in [0.1, 0.15) is 17.3 Å². The van der Waals surface area contributed by atoms with Crippen LogP contribution in [-0.4, -0.2) is 49.1 Å². The van der Waals surface area contributed by atoms with Crippen LogP contribution in [0.3, 0.4) is 0 Å². The van der Waals surface area contributed by atoms with E-state index in [9.17, 15) is 14.7 Å². The number of β-amino-alcohol motifs (C(OH)–C–C–N with tert-alkyl or cyclic N) is 1. The van der Waals surface area contributed by atoms with Crippen molar-refractivity contribution >= 4 is 11.7 Å². The molecule has 1 aromatic rings. The van der Waals surface area contributed by atoms with Gasteiger partial charge in [0, 0.05) is 31.1 Å². The van der Waals surface area contributed by atoms with Crippen molar-refractivity contribution in [1.29, 1.82) is 0 Å². The summed E-state index contributed by atoms with van der Waals surface area (Å²) in [7, 11) is 0. The summed E-state index contributed by atoms with van der Waals surface area (Å²) >= 11 is 0. The monoisotopic (exact) mass is 292 g/mol. The molecule has 1 aromatic carbocycles. The highest BCUT2D eigenvalue weighted by Crippen LogP contribution is 2.13. The van der Waals surface area contributed by atoms with E-state index in [1.165, 1.54) is 6.92 Å². The number of carbonyl (C=O) groups is 2. The molecule has 114 valence electrons. The zero-order chi connectivity index (χ0) is 15.2. The normalized spacial score (nSPS) is 21.0. The van der Waals surface area contributed by atoms with Gasteiger partial charge >= 0.3 is 0 Å². The molecular weight excluding hydrogens is 272 g/mol. The second-order valence-electron chi connectivity index (χ2n) is 5.16. The fourth-order valence-electron chi connectivity index (χ4n) is 2.18. The maximum atomic E-state index is 11.7. The molecule has 1 heterocycles. The number of aliphatic hydroxyl groups is 1. The molecule has 1 aliphatic heterocycles. The number of amides is 1. The van der Waals surface area contributed by atoms with E-state index in [1.54, 1.807) is 24.3 Å². The van der Waals surface area contributed by atoms with E-state index >= 15 is 0 Å². The molecule has 2 unspecified atom stereocenters. The summed E-state index contributed by atoms with van der Waals surface area (Å²) in [6.45, 7) is 3.05. The van der Waals surface area contributed by atoms with Crippen molar-refractivity contribution in [2.75, 3.05) is 26.2 Å². The lowest BCUT2D eigenvalue weighted by atomic mass is 10.1. The van der Waals surface area contributed by atoms with Crippen LogP contribution < -0.4 is 15.4 Å². The SMILES string of the molecule is CC(=O)c1cccc(OCC(=O)NCC2CNCC2O)c1. The minimum atomic E-state index is -0.418. The first-order valence-electron chi connectivity index (χ1n) is 6.95. The van der Waals surface area contributed by atoms with Crippen molar-refractivity contribution in [3.8, 4) is 5.75 Å². The first-order chi connectivity index (χ1) is 10.1. The Hall–Kier alpha value is -1.92. The van der Waals surface area contributed by atoms with Crippen LogP contribution in [-0.2, 0) is 4.79 Å². The molecule has 1 aliphatic rings. The number of aliphatic hydroxyl groups excluding tert-OH is 1. The van der Waals surface area contributed by atoms with E-state index in [2.05, 4.69) is 10.6 Å². The zero-order valence-electron chi connectivity index (χ0n) is 12.0. The van der Waals surface area contributed by atoms with E-state index in [0.29, 0.717) is 30.9 Å². The molecular formula is C15H20N2O4. The summed E-state index contributed by atoms with van der Waals surface area (Å²) in [6.07, 6.45) is -0.418. The van der Waals surface area contributed by atoms with Gasteiger partial charge in [0.25, 0.3) is 5.91 Å². The Labute approximate surface area is 123 Å². The Bertz CT molecular complexity index is 518. The van der Waals surface area contributed by atoms with Crippen LogP contribution in [0, 0.1) is 5.92 Å². The quantitative estimate of drug-likeness (QED) is 0.641. The summed E-state index contributed by atoms with van der Waals surface area (Å²) in [6, 6.07) is 6.72. The fourth-order valence-corrected chi connectivity index (χ4v) is 2.18. The third kappa shape index (κ3) is 4.54. The number of hydrogen-bond acceptors (Lipinski definition) is 5. The Morgan fingerprint density at radius 1 is 1.43 bits per heavy atom. The first kappa shape index (κ1) is 15.5. The third-order valence-corrected chi connectivity index (χ3v) is 3.48. The predicted octanol–water partition coefficient (Wildman–Crippen LogP) is -0.0355. The van der Waals surface area contributed by atoms with Crippen LogP contribution >= 0.6 is 0 Å². The van der Waals surface area contributed by atoms with E-state index in [1.807, 2.05) is 0 Å². The largest absolute Gasteiger partial charge is 0.484 e. The average Bonchev–Trinajstić information content (AvgIpc) is 2.88. The van der Waals surface area contributed by atoms with E-state index in [4.69, 9.17) is 4.74 Å². The van der Waals surface area contributed by atoms with Crippen molar-refractivity contribution < 1.29 is 19.4 Å². The van der Waals surface area contributed by atoms with Crippen LogP contribution in [0.5, 0.6) is 5.75 Å². The molecule has 0 aromatic heterocycles. The van der Waals surface area contributed by atoms with Crippen molar-refractivity contribution in [2.24, 2.45) is 5.92 Å². The van der Waals surface area contributed by atoms with E-state index in [-0.39, 0.29) is 24.2 Å². The zero-order valence-corrected chi connectivity index (χ0v) is 12.0. The van der Waals surface area contributed by atoms with Gasteiger partial charge in [-0.15, -0.1) is 0 Å². The molecule has 0 saturated carbocycles. The molecule has 0 radical (unpaired) electrons. The van der Waals surface area contributed by atoms with Crippen LogP contribution in [0.2, 0.25) is 0 Å². The molecule has 1 saturated heterocycles.